The van der Waals surface area contributed by atoms with Gasteiger partial charge in [-0.15, -0.1) is 24.0 Å². The Hall–Kier alpha value is -1.26. The Morgan fingerprint density at radius 1 is 1.16 bits per heavy atom. The van der Waals surface area contributed by atoms with Crippen LogP contribution in [-0.4, -0.2) is 59.1 Å². The average Bonchev–Trinajstić information content (AvgIpc) is 3.48. The molecule has 0 unspecified atom stereocenters. The smallest absolute Gasteiger partial charge is 0.226 e. The lowest BCUT2D eigenvalue weighted by Crippen LogP contribution is -2.57. The van der Waals surface area contributed by atoms with Gasteiger partial charge in [0.1, 0.15) is 12.0 Å². The number of nitrogens with one attached hydrogen (secondary N) is 2. The molecule has 0 radical (unpaired) electrons. The summed E-state index contributed by atoms with van der Waals surface area (Å²) in [5.74, 6) is 4.02. The Morgan fingerprint density at radius 3 is 2.61 bits per heavy atom. The van der Waals surface area contributed by atoms with Gasteiger partial charge in [0.25, 0.3) is 0 Å². The van der Waals surface area contributed by atoms with Crippen LogP contribution in [0.1, 0.15) is 38.3 Å². The van der Waals surface area contributed by atoms with Crippen LogP contribution >= 0.6 is 35.7 Å². The quantitative estimate of drug-likeness (QED) is 0.301. The highest BCUT2D eigenvalue weighted by atomic mass is 127. The van der Waals surface area contributed by atoms with Gasteiger partial charge in [-0.2, -0.15) is 11.8 Å². The van der Waals surface area contributed by atoms with Crippen molar-refractivity contribution in [3.05, 3.63) is 42.3 Å². The van der Waals surface area contributed by atoms with Crippen molar-refractivity contribution in [1.82, 2.24) is 20.5 Å². The average molecular weight is 556 g/mol. The van der Waals surface area contributed by atoms with Crippen molar-refractivity contribution < 1.29 is 4.42 Å². The fourth-order valence-corrected chi connectivity index (χ4v) is 5.42. The molecule has 1 aliphatic heterocycles. The lowest BCUT2D eigenvalue weighted by molar-refractivity contribution is 0.107. The van der Waals surface area contributed by atoms with Crippen LogP contribution in [0.15, 0.2) is 46.0 Å². The maximum absolute atomic E-state index is 5.65. The Balaban J connectivity index is 0.00000272. The van der Waals surface area contributed by atoms with E-state index in [-0.39, 0.29) is 29.5 Å². The van der Waals surface area contributed by atoms with Crippen LogP contribution in [0.4, 0.5) is 0 Å². The fraction of sp³-hybridized carbons (Fsp3) is 0.565. The zero-order chi connectivity index (χ0) is 20.7. The molecule has 4 rings (SSSR count). The molecular formula is C23H34IN5OS. The summed E-state index contributed by atoms with van der Waals surface area (Å²) in [6.45, 7) is 6.82. The second kappa shape index (κ2) is 12.1. The minimum Gasteiger partial charge on any atom is -0.444 e. The molecule has 1 aromatic heterocycles. The van der Waals surface area contributed by atoms with E-state index in [1.165, 1.54) is 50.3 Å². The minimum absolute atomic E-state index is 0. The van der Waals surface area contributed by atoms with E-state index in [1.54, 1.807) is 6.26 Å². The molecule has 170 valence electrons. The number of aliphatic imine (C=N–C) groups is 1. The molecule has 6 nitrogen and oxygen atoms in total. The highest BCUT2D eigenvalue weighted by molar-refractivity contribution is 14.0. The van der Waals surface area contributed by atoms with Crippen molar-refractivity contribution in [3.8, 4) is 11.5 Å². The van der Waals surface area contributed by atoms with Crippen LogP contribution < -0.4 is 10.6 Å². The van der Waals surface area contributed by atoms with Gasteiger partial charge in [0.05, 0.1) is 6.54 Å². The summed E-state index contributed by atoms with van der Waals surface area (Å²) >= 11 is 2.08. The van der Waals surface area contributed by atoms with Crippen LogP contribution in [0.3, 0.4) is 0 Å². The van der Waals surface area contributed by atoms with Gasteiger partial charge in [-0.3, -0.25) is 4.90 Å². The lowest BCUT2D eigenvalue weighted by atomic mass is 9.94. The van der Waals surface area contributed by atoms with Crippen molar-refractivity contribution in [2.45, 2.75) is 44.7 Å². The third-order valence-electron chi connectivity index (χ3n) is 6.12. The molecular weight excluding hydrogens is 521 g/mol. The second-order valence-corrected chi connectivity index (χ2v) is 9.31. The maximum Gasteiger partial charge on any atom is 0.226 e. The molecule has 1 aromatic carbocycles. The molecule has 0 amide bonds. The van der Waals surface area contributed by atoms with Gasteiger partial charge in [0, 0.05) is 48.8 Å². The molecule has 1 aliphatic carbocycles. The summed E-state index contributed by atoms with van der Waals surface area (Å²) in [6.07, 6.45) is 6.95. The summed E-state index contributed by atoms with van der Waals surface area (Å²) < 4.78 is 5.65. The molecule has 2 N–H and O–H groups in total. The summed E-state index contributed by atoms with van der Waals surface area (Å²) in [6, 6.07) is 9.98. The number of guanidine groups is 1. The van der Waals surface area contributed by atoms with Crippen molar-refractivity contribution in [3.63, 3.8) is 0 Å². The number of benzene rings is 1. The van der Waals surface area contributed by atoms with Gasteiger partial charge in [-0.1, -0.05) is 31.0 Å². The van der Waals surface area contributed by atoms with Gasteiger partial charge in [-0.05, 0) is 31.9 Å². The van der Waals surface area contributed by atoms with Gasteiger partial charge < -0.3 is 15.1 Å². The van der Waals surface area contributed by atoms with E-state index in [0.717, 1.165) is 30.3 Å². The topological polar surface area (TPSA) is 65.7 Å². The summed E-state index contributed by atoms with van der Waals surface area (Å²) in [7, 11) is 0. The minimum atomic E-state index is 0. The third kappa shape index (κ3) is 6.38. The molecule has 0 atom stereocenters. The molecule has 0 bridgehead atoms. The number of aromatic nitrogens is 1. The molecule has 2 aromatic rings. The Bertz CT molecular complexity index is 816. The van der Waals surface area contributed by atoms with E-state index < -0.39 is 0 Å². The number of hydrogen-bond acceptors (Lipinski definition) is 5. The Kier molecular flexibility index (Phi) is 9.52. The molecule has 2 aliphatic rings. The van der Waals surface area contributed by atoms with Crippen molar-refractivity contribution >= 4 is 41.7 Å². The molecule has 31 heavy (non-hydrogen) atoms. The van der Waals surface area contributed by atoms with E-state index in [4.69, 9.17) is 9.41 Å². The molecule has 2 heterocycles. The molecule has 8 heteroatoms. The first-order chi connectivity index (χ1) is 14.8. The largest absolute Gasteiger partial charge is 0.444 e. The fourth-order valence-electron chi connectivity index (χ4n) is 4.52. The lowest BCUT2D eigenvalue weighted by Gasteiger charge is -2.43. The van der Waals surface area contributed by atoms with E-state index in [2.05, 4.69) is 39.2 Å². The predicted molar refractivity (Wildman–Crippen MR) is 140 cm³/mol. The van der Waals surface area contributed by atoms with E-state index in [9.17, 15) is 0 Å². The zero-order valence-electron chi connectivity index (χ0n) is 18.3. The standard InChI is InChI=1S/C23H33N5OS.HI/c1-2-24-22(25-16-20-17-29-21(27-20)19-8-4-3-5-9-19)26-18-23(10-6-7-11-23)28-12-14-30-15-13-28;/h3-5,8-9,17H,2,6-7,10-16,18H2,1H3,(H2,24,25,26);1H. The summed E-state index contributed by atoms with van der Waals surface area (Å²) in [4.78, 5) is 12.1. The maximum atomic E-state index is 5.65. The predicted octanol–water partition coefficient (Wildman–Crippen LogP) is 4.38. The van der Waals surface area contributed by atoms with E-state index >= 15 is 0 Å². The first kappa shape index (κ1) is 24.4. The van der Waals surface area contributed by atoms with Crippen LogP contribution in [0.5, 0.6) is 0 Å². The number of rotatable bonds is 7. The molecule has 1 saturated carbocycles. The summed E-state index contributed by atoms with van der Waals surface area (Å²) in [5, 5.41) is 7.03. The number of hydrogen-bond donors (Lipinski definition) is 2. The van der Waals surface area contributed by atoms with Crippen molar-refractivity contribution in [2.24, 2.45) is 4.99 Å². The number of halogens is 1. The number of nitrogens with zero attached hydrogens (tertiary/aromatic N) is 3. The molecule has 2 fully saturated rings. The molecule has 1 saturated heterocycles. The van der Waals surface area contributed by atoms with Gasteiger partial charge in [-0.25, -0.2) is 9.98 Å². The van der Waals surface area contributed by atoms with E-state index in [1.807, 2.05) is 30.3 Å². The summed E-state index contributed by atoms with van der Waals surface area (Å²) in [5.41, 5.74) is 2.11. The highest BCUT2D eigenvalue weighted by Crippen LogP contribution is 2.36. The monoisotopic (exact) mass is 555 g/mol. The Morgan fingerprint density at radius 2 is 1.90 bits per heavy atom. The van der Waals surface area contributed by atoms with Crippen molar-refractivity contribution in [2.75, 3.05) is 37.7 Å². The van der Waals surface area contributed by atoms with Crippen LogP contribution in [0, 0.1) is 0 Å². The van der Waals surface area contributed by atoms with Crippen molar-refractivity contribution in [1.29, 1.82) is 0 Å². The van der Waals surface area contributed by atoms with E-state index in [0.29, 0.717) is 12.4 Å². The van der Waals surface area contributed by atoms with Crippen LogP contribution in [0.25, 0.3) is 11.5 Å². The van der Waals surface area contributed by atoms with Crippen LogP contribution in [-0.2, 0) is 6.54 Å². The zero-order valence-corrected chi connectivity index (χ0v) is 21.5. The second-order valence-electron chi connectivity index (χ2n) is 8.09. The highest BCUT2D eigenvalue weighted by Gasteiger charge is 2.39. The Labute approximate surface area is 207 Å². The first-order valence-electron chi connectivity index (χ1n) is 11.1. The number of oxazole rings is 1. The van der Waals surface area contributed by atoms with Gasteiger partial charge in [0.2, 0.25) is 5.89 Å². The normalized spacial score (nSPS) is 19.1. The third-order valence-corrected chi connectivity index (χ3v) is 7.06. The molecule has 0 spiro atoms. The van der Waals surface area contributed by atoms with Gasteiger partial charge >= 0.3 is 0 Å². The van der Waals surface area contributed by atoms with Gasteiger partial charge in [0.15, 0.2) is 5.96 Å². The van der Waals surface area contributed by atoms with Crippen LogP contribution in [0.2, 0.25) is 0 Å². The first-order valence-corrected chi connectivity index (χ1v) is 12.3. The number of thioether (sulfide) groups is 1. The SMILES string of the molecule is CCNC(=NCc1coc(-c2ccccc2)n1)NCC1(N2CCSCC2)CCCC1.I.